The maximum atomic E-state index is 10.4. The van der Waals surface area contributed by atoms with Gasteiger partial charge in [-0.1, -0.05) is 6.08 Å². The first-order valence-corrected chi connectivity index (χ1v) is 4.42. The summed E-state index contributed by atoms with van der Waals surface area (Å²) in [6.07, 6.45) is 8.16. The summed E-state index contributed by atoms with van der Waals surface area (Å²) in [6.45, 7) is 2.13. The fourth-order valence-electron chi connectivity index (χ4n) is 1.04. The van der Waals surface area contributed by atoms with Gasteiger partial charge in [0.05, 0.1) is 0 Å². The van der Waals surface area contributed by atoms with Gasteiger partial charge < -0.3 is 9.47 Å². The number of hydrogen-bond acceptors (Lipinski definition) is 3. The minimum atomic E-state index is -0.267. The van der Waals surface area contributed by atoms with Crippen LogP contribution in [0.3, 0.4) is 0 Å². The maximum Gasteiger partial charge on any atom is 0.302 e. The largest absolute Gasteiger partial charge is 0.490 e. The molecule has 0 saturated heterocycles. The van der Waals surface area contributed by atoms with Gasteiger partial charge in [0.15, 0.2) is 0 Å². The van der Waals surface area contributed by atoms with E-state index in [4.69, 9.17) is 9.47 Å². The van der Waals surface area contributed by atoms with E-state index in [0.29, 0.717) is 13.2 Å². The number of allylic oxidation sites excluding steroid dienone is 3. The molecule has 72 valence electrons. The lowest BCUT2D eigenvalue weighted by molar-refractivity contribution is -0.142. The lowest BCUT2D eigenvalue weighted by Crippen LogP contribution is -2.07. The van der Waals surface area contributed by atoms with Gasteiger partial charge in [-0.15, -0.1) is 0 Å². The lowest BCUT2D eigenvalue weighted by Gasteiger charge is -2.09. The van der Waals surface area contributed by atoms with E-state index in [9.17, 15) is 4.79 Å². The molecule has 0 aromatic heterocycles. The van der Waals surface area contributed by atoms with Gasteiger partial charge >= 0.3 is 5.97 Å². The normalized spacial score (nSPS) is 15.0. The second-order valence-corrected chi connectivity index (χ2v) is 2.77. The highest BCUT2D eigenvalue weighted by molar-refractivity contribution is 5.65. The monoisotopic (exact) mass is 182 g/mol. The smallest absolute Gasteiger partial charge is 0.302 e. The third-order valence-corrected chi connectivity index (χ3v) is 1.62. The molecule has 0 aromatic rings. The quantitative estimate of drug-likeness (QED) is 0.491. The summed E-state index contributed by atoms with van der Waals surface area (Å²) in [7, 11) is 0. The zero-order valence-corrected chi connectivity index (χ0v) is 7.79. The van der Waals surface area contributed by atoms with Gasteiger partial charge in [-0.3, -0.25) is 4.79 Å². The molecule has 0 radical (unpaired) electrons. The molecule has 0 unspecified atom stereocenters. The van der Waals surface area contributed by atoms with E-state index in [2.05, 4.69) is 6.08 Å². The number of rotatable bonds is 4. The van der Waals surface area contributed by atoms with Crippen molar-refractivity contribution in [2.45, 2.75) is 19.8 Å². The zero-order chi connectivity index (χ0) is 9.52. The molecule has 0 amide bonds. The molecule has 0 N–H and O–H groups in total. The maximum absolute atomic E-state index is 10.4. The molecular formula is C10H14O3. The number of ether oxygens (including phenoxy) is 2. The topological polar surface area (TPSA) is 35.5 Å². The molecule has 1 aliphatic rings. The second kappa shape index (κ2) is 5.41. The van der Waals surface area contributed by atoms with Crippen LogP contribution in [-0.4, -0.2) is 19.2 Å². The Morgan fingerprint density at radius 3 is 2.92 bits per heavy atom. The first-order chi connectivity index (χ1) is 6.29. The molecule has 1 aliphatic carbocycles. The van der Waals surface area contributed by atoms with E-state index in [1.807, 2.05) is 12.2 Å². The molecule has 13 heavy (non-hydrogen) atoms. The number of hydrogen-bond donors (Lipinski definition) is 0. The Bertz CT molecular complexity index is 228. The molecule has 0 fully saturated rings. The minimum absolute atomic E-state index is 0.267. The van der Waals surface area contributed by atoms with Crippen molar-refractivity contribution in [1.29, 1.82) is 0 Å². The van der Waals surface area contributed by atoms with Crippen LogP contribution in [0.25, 0.3) is 0 Å². The van der Waals surface area contributed by atoms with Crippen LogP contribution < -0.4 is 0 Å². The van der Waals surface area contributed by atoms with Crippen LogP contribution in [0.15, 0.2) is 24.0 Å². The Hall–Kier alpha value is -1.25. The van der Waals surface area contributed by atoms with Crippen molar-refractivity contribution in [2.75, 3.05) is 13.2 Å². The average molecular weight is 182 g/mol. The number of carbonyl (C=O) groups is 1. The standard InChI is InChI=1S/C10H14O3/c1-9(11)12-7-8-13-10-5-3-2-4-6-10/h3,5-6H,2,4,7-8H2,1H3. The van der Waals surface area contributed by atoms with E-state index in [1.54, 1.807) is 0 Å². The summed E-state index contributed by atoms with van der Waals surface area (Å²) >= 11 is 0. The Morgan fingerprint density at radius 1 is 1.46 bits per heavy atom. The summed E-state index contributed by atoms with van der Waals surface area (Å²) in [6, 6.07) is 0. The number of esters is 1. The Morgan fingerprint density at radius 2 is 2.31 bits per heavy atom. The van der Waals surface area contributed by atoms with Crippen molar-refractivity contribution in [3.05, 3.63) is 24.0 Å². The molecule has 0 aliphatic heterocycles. The molecular weight excluding hydrogens is 168 g/mol. The Labute approximate surface area is 78.0 Å². The summed E-state index contributed by atoms with van der Waals surface area (Å²) in [4.78, 5) is 10.4. The van der Waals surface area contributed by atoms with Gasteiger partial charge in [-0.05, 0) is 25.0 Å². The van der Waals surface area contributed by atoms with Gasteiger partial charge in [0, 0.05) is 6.92 Å². The summed E-state index contributed by atoms with van der Waals surface area (Å²) < 4.78 is 10.0. The van der Waals surface area contributed by atoms with Crippen LogP contribution in [0.5, 0.6) is 0 Å². The van der Waals surface area contributed by atoms with Crippen molar-refractivity contribution in [3.8, 4) is 0 Å². The van der Waals surface area contributed by atoms with Crippen molar-refractivity contribution in [1.82, 2.24) is 0 Å². The lowest BCUT2D eigenvalue weighted by atomic mass is 10.2. The molecule has 3 heteroatoms. The predicted molar refractivity (Wildman–Crippen MR) is 49.0 cm³/mol. The second-order valence-electron chi connectivity index (χ2n) is 2.77. The van der Waals surface area contributed by atoms with Gasteiger partial charge in [-0.2, -0.15) is 0 Å². The van der Waals surface area contributed by atoms with Crippen molar-refractivity contribution in [2.24, 2.45) is 0 Å². The van der Waals surface area contributed by atoms with Crippen LogP contribution in [0.2, 0.25) is 0 Å². The Balaban J connectivity index is 2.08. The average Bonchev–Trinajstić information content (AvgIpc) is 2.14. The van der Waals surface area contributed by atoms with Crippen LogP contribution in [0, 0.1) is 0 Å². The first kappa shape index (κ1) is 9.84. The highest BCUT2D eigenvalue weighted by Crippen LogP contribution is 2.10. The van der Waals surface area contributed by atoms with Gasteiger partial charge in [0.1, 0.15) is 19.0 Å². The summed E-state index contributed by atoms with van der Waals surface area (Å²) in [5.41, 5.74) is 0. The molecule has 0 saturated carbocycles. The van der Waals surface area contributed by atoms with E-state index < -0.39 is 0 Å². The Kier molecular flexibility index (Phi) is 4.09. The molecule has 1 rings (SSSR count). The van der Waals surface area contributed by atoms with Crippen LogP contribution in [0.4, 0.5) is 0 Å². The highest BCUT2D eigenvalue weighted by Gasteiger charge is 1.98. The van der Waals surface area contributed by atoms with Crippen molar-refractivity contribution in [3.63, 3.8) is 0 Å². The predicted octanol–water partition coefficient (Wildman–Crippen LogP) is 1.80. The van der Waals surface area contributed by atoms with Crippen LogP contribution in [-0.2, 0) is 14.3 Å². The summed E-state index contributed by atoms with van der Waals surface area (Å²) in [5, 5.41) is 0. The van der Waals surface area contributed by atoms with Gasteiger partial charge in [0.2, 0.25) is 0 Å². The van der Waals surface area contributed by atoms with E-state index in [0.717, 1.165) is 18.6 Å². The van der Waals surface area contributed by atoms with Crippen LogP contribution >= 0.6 is 0 Å². The van der Waals surface area contributed by atoms with E-state index in [-0.39, 0.29) is 5.97 Å². The molecule has 0 spiro atoms. The van der Waals surface area contributed by atoms with Crippen molar-refractivity contribution < 1.29 is 14.3 Å². The van der Waals surface area contributed by atoms with Gasteiger partial charge in [0.25, 0.3) is 0 Å². The molecule has 3 nitrogen and oxygen atoms in total. The molecule has 0 bridgehead atoms. The van der Waals surface area contributed by atoms with E-state index >= 15 is 0 Å². The molecule has 0 heterocycles. The van der Waals surface area contributed by atoms with Gasteiger partial charge in [-0.25, -0.2) is 0 Å². The SMILES string of the molecule is CC(=O)OCCOC1=CCCC=C1. The van der Waals surface area contributed by atoms with Crippen molar-refractivity contribution >= 4 is 5.97 Å². The zero-order valence-electron chi connectivity index (χ0n) is 7.79. The van der Waals surface area contributed by atoms with Crippen LogP contribution in [0.1, 0.15) is 19.8 Å². The fourth-order valence-corrected chi connectivity index (χ4v) is 1.04. The third kappa shape index (κ3) is 4.35. The summed E-state index contributed by atoms with van der Waals surface area (Å²) in [5.74, 6) is 0.607. The number of carbonyl (C=O) groups excluding carboxylic acids is 1. The molecule has 0 aromatic carbocycles. The minimum Gasteiger partial charge on any atom is -0.490 e. The highest BCUT2D eigenvalue weighted by atomic mass is 16.6. The third-order valence-electron chi connectivity index (χ3n) is 1.62. The molecule has 0 atom stereocenters. The fraction of sp³-hybridized carbons (Fsp3) is 0.500. The van der Waals surface area contributed by atoms with E-state index in [1.165, 1.54) is 6.92 Å². The first-order valence-electron chi connectivity index (χ1n) is 4.42.